The van der Waals surface area contributed by atoms with Crippen LogP contribution in [-0.2, 0) is 10.2 Å². The molecule has 1 aromatic carbocycles. The molecule has 1 aliphatic rings. The zero-order valence-corrected chi connectivity index (χ0v) is 19.2. The maximum absolute atomic E-state index is 14.2. The van der Waals surface area contributed by atoms with Crippen molar-refractivity contribution in [1.29, 1.82) is 0 Å². The largest absolute Gasteiger partial charge is 0.489 e. The van der Waals surface area contributed by atoms with Crippen LogP contribution >= 0.6 is 15.9 Å². The Balaban J connectivity index is 2.95. The van der Waals surface area contributed by atoms with Gasteiger partial charge < -0.3 is 4.74 Å². The molecule has 2 rings (SSSR count). The van der Waals surface area contributed by atoms with Crippen LogP contribution in [-0.4, -0.2) is 12.4 Å². The van der Waals surface area contributed by atoms with Crippen LogP contribution in [0, 0.1) is 5.41 Å². The number of allylic oxidation sites excluding steroid dienone is 4. The van der Waals surface area contributed by atoms with Gasteiger partial charge in [0.25, 0.3) is 0 Å². The van der Waals surface area contributed by atoms with E-state index in [9.17, 15) is 9.18 Å². The average molecular weight is 437 g/mol. The van der Waals surface area contributed by atoms with Gasteiger partial charge in [-0.3, -0.25) is 4.79 Å². The minimum Gasteiger partial charge on any atom is -0.489 e. The molecule has 0 unspecified atom stereocenters. The molecule has 0 N–H and O–H groups in total. The number of carbonyl (C=O) groups is 1. The average Bonchev–Trinajstić information content (AvgIpc) is 2.53. The molecule has 0 atom stereocenters. The highest BCUT2D eigenvalue weighted by atomic mass is 79.9. The van der Waals surface area contributed by atoms with Crippen molar-refractivity contribution in [3.8, 4) is 5.75 Å². The number of rotatable bonds is 4. The summed E-state index contributed by atoms with van der Waals surface area (Å²) >= 11 is 3.77. The smallest absolute Gasteiger partial charge is 0.178 e. The molecule has 148 valence electrons. The predicted molar refractivity (Wildman–Crippen MR) is 115 cm³/mol. The van der Waals surface area contributed by atoms with Crippen LogP contribution in [0.25, 0.3) is 11.1 Å². The van der Waals surface area contributed by atoms with Gasteiger partial charge in [0.2, 0.25) is 0 Å². The minimum atomic E-state index is -0.771. The number of aldehydes is 1. The molecular weight excluding hydrogens is 407 g/mol. The van der Waals surface area contributed by atoms with E-state index < -0.39 is 5.83 Å². The lowest BCUT2D eigenvalue weighted by Crippen LogP contribution is -2.26. The summed E-state index contributed by atoms with van der Waals surface area (Å²) < 4.78 is 21.1. The van der Waals surface area contributed by atoms with Crippen LogP contribution in [0.3, 0.4) is 0 Å². The number of benzene rings is 1. The van der Waals surface area contributed by atoms with E-state index >= 15 is 0 Å². The molecule has 4 heteroatoms. The normalized spacial score (nSPS) is 17.2. The second-order valence-corrected chi connectivity index (χ2v) is 10.00. The van der Waals surface area contributed by atoms with Crippen LogP contribution in [0.5, 0.6) is 5.75 Å². The van der Waals surface area contributed by atoms with Crippen molar-refractivity contribution in [1.82, 2.24) is 0 Å². The lowest BCUT2D eigenvalue weighted by molar-refractivity contribution is -0.106. The quantitative estimate of drug-likeness (QED) is 0.366. The van der Waals surface area contributed by atoms with Crippen molar-refractivity contribution in [3.05, 3.63) is 39.1 Å². The Morgan fingerprint density at radius 1 is 1.33 bits per heavy atom. The summed E-state index contributed by atoms with van der Waals surface area (Å²) in [5, 5.41) is 0. The van der Waals surface area contributed by atoms with Gasteiger partial charge in [0.15, 0.2) is 12.1 Å². The summed E-state index contributed by atoms with van der Waals surface area (Å²) in [5.41, 5.74) is 4.27. The zero-order chi connectivity index (χ0) is 20.7. The molecule has 0 heterocycles. The van der Waals surface area contributed by atoms with Crippen LogP contribution in [0.1, 0.15) is 78.5 Å². The van der Waals surface area contributed by atoms with Crippen LogP contribution in [0.4, 0.5) is 4.39 Å². The first kappa shape index (κ1) is 21.9. The Bertz CT molecular complexity index is 824. The van der Waals surface area contributed by atoms with E-state index in [1.807, 2.05) is 19.9 Å². The summed E-state index contributed by atoms with van der Waals surface area (Å²) in [6.45, 7) is 16.5. The topological polar surface area (TPSA) is 26.3 Å². The molecule has 0 saturated carbocycles. The van der Waals surface area contributed by atoms with E-state index in [4.69, 9.17) is 4.74 Å². The molecule has 0 aliphatic heterocycles. The maximum Gasteiger partial charge on any atom is 0.178 e. The molecule has 2 nitrogen and oxygen atoms in total. The SMILES string of the molecule is C/C(=C(\F)C=O)c1cc2c(c(Br)c1OC(C)C)C(C)(C)CC=C2C(C)(C)C. The fourth-order valence-electron chi connectivity index (χ4n) is 3.63. The highest BCUT2D eigenvalue weighted by molar-refractivity contribution is 9.10. The summed E-state index contributed by atoms with van der Waals surface area (Å²) in [4.78, 5) is 11.1. The number of fused-ring (bicyclic) bond motifs is 1. The summed E-state index contributed by atoms with van der Waals surface area (Å²) in [7, 11) is 0. The molecule has 0 amide bonds. The van der Waals surface area contributed by atoms with Gasteiger partial charge in [0.05, 0.1) is 10.6 Å². The van der Waals surface area contributed by atoms with Crippen molar-refractivity contribution in [2.24, 2.45) is 5.41 Å². The fourth-order valence-corrected chi connectivity index (χ4v) is 4.69. The number of halogens is 2. The molecule has 1 aromatic rings. The van der Waals surface area contributed by atoms with Gasteiger partial charge in [-0.2, -0.15) is 0 Å². The van der Waals surface area contributed by atoms with Crippen LogP contribution < -0.4 is 4.74 Å². The number of hydrogen-bond acceptors (Lipinski definition) is 2. The Labute approximate surface area is 171 Å². The fraction of sp³-hybridized carbons (Fsp3) is 0.522. The zero-order valence-electron chi connectivity index (χ0n) is 17.6. The first-order valence-corrected chi connectivity index (χ1v) is 10.2. The molecule has 0 bridgehead atoms. The van der Waals surface area contributed by atoms with Crippen molar-refractivity contribution in [3.63, 3.8) is 0 Å². The third kappa shape index (κ3) is 4.21. The summed E-state index contributed by atoms with van der Waals surface area (Å²) in [6.07, 6.45) is 3.39. The molecule has 27 heavy (non-hydrogen) atoms. The number of hydrogen-bond donors (Lipinski definition) is 0. The molecule has 0 radical (unpaired) electrons. The van der Waals surface area contributed by atoms with Gasteiger partial charge >= 0.3 is 0 Å². The van der Waals surface area contributed by atoms with Crippen molar-refractivity contribution < 1.29 is 13.9 Å². The van der Waals surface area contributed by atoms with E-state index in [0.29, 0.717) is 16.9 Å². The van der Waals surface area contributed by atoms with Crippen molar-refractivity contribution in [2.45, 2.75) is 73.3 Å². The molecule has 0 saturated heterocycles. The predicted octanol–water partition coefficient (Wildman–Crippen LogP) is 7.25. The summed E-state index contributed by atoms with van der Waals surface area (Å²) in [6, 6.07) is 1.99. The van der Waals surface area contributed by atoms with Crippen molar-refractivity contribution in [2.75, 3.05) is 0 Å². The van der Waals surface area contributed by atoms with E-state index in [1.54, 1.807) is 6.92 Å². The first-order chi connectivity index (χ1) is 12.3. The minimum absolute atomic E-state index is 0.0524. The Kier molecular flexibility index (Phi) is 6.11. The second-order valence-electron chi connectivity index (χ2n) is 9.20. The van der Waals surface area contributed by atoms with Gasteiger partial charge in [0.1, 0.15) is 5.75 Å². The first-order valence-electron chi connectivity index (χ1n) is 9.37. The van der Waals surface area contributed by atoms with E-state index in [1.165, 1.54) is 11.1 Å². The van der Waals surface area contributed by atoms with Gasteiger partial charge in [0, 0.05) is 5.56 Å². The highest BCUT2D eigenvalue weighted by Gasteiger charge is 2.36. The number of carbonyl (C=O) groups excluding carboxylic acids is 1. The van der Waals surface area contributed by atoms with E-state index in [2.05, 4.69) is 56.6 Å². The monoisotopic (exact) mass is 436 g/mol. The van der Waals surface area contributed by atoms with E-state index in [0.717, 1.165) is 16.5 Å². The van der Waals surface area contributed by atoms with Gasteiger partial charge in [-0.15, -0.1) is 0 Å². The second kappa shape index (κ2) is 7.54. The van der Waals surface area contributed by atoms with Gasteiger partial charge in [-0.25, -0.2) is 4.39 Å². The van der Waals surface area contributed by atoms with Gasteiger partial charge in [-0.1, -0.05) is 40.7 Å². The maximum atomic E-state index is 14.2. The third-order valence-electron chi connectivity index (χ3n) is 5.03. The number of ether oxygens (including phenoxy) is 1. The van der Waals surface area contributed by atoms with Crippen molar-refractivity contribution >= 4 is 33.4 Å². The lowest BCUT2D eigenvalue weighted by atomic mass is 9.67. The molecule has 1 aliphatic carbocycles. The molecule has 0 spiro atoms. The third-order valence-corrected chi connectivity index (χ3v) is 5.79. The Morgan fingerprint density at radius 2 is 1.93 bits per heavy atom. The van der Waals surface area contributed by atoms with Crippen LogP contribution in [0.2, 0.25) is 0 Å². The molecule has 0 fully saturated rings. The molecular formula is C23H30BrFO2. The Morgan fingerprint density at radius 3 is 2.41 bits per heavy atom. The van der Waals surface area contributed by atoms with E-state index in [-0.39, 0.29) is 23.2 Å². The lowest BCUT2D eigenvalue weighted by Gasteiger charge is -2.38. The van der Waals surface area contributed by atoms with Crippen LogP contribution in [0.15, 0.2) is 22.4 Å². The summed E-state index contributed by atoms with van der Waals surface area (Å²) in [5.74, 6) is -0.173. The van der Waals surface area contributed by atoms with Gasteiger partial charge in [-0.05, 0) is 82.3 Å². The Hall–Kier alpha value is -1.42. The standard InChI is InChI=1S/C23H30BrFO2/c1-13(2)27-21-15(14(3)18(25)12-26)11-16-17(22(4,5)6)9-10-23(7,8)19(16)20(21)24/h9,11-13H,10H2,1-8H3/b18-14+. The molecule has 0 aromatic heterocycles. The highest BCUT2D eigenvalue weighted by Crippen LogP contribution is 2.52.